The molecule has 0 heterocycles. The topological polar surface area (TPSA) is 75.3 Å². The van der Waals surface area contributed by atoms with E-state index in [4.69, 9.17) is 0 Å². The maximum Gasteiger partial charge on any atom is 0.240 e. The third-order valence-corrected chi connectivity index (χ3v) is 5.95. The van der Waals surface area contributed by atoms with E-state index >= 15 is 0 Å². The molecule has 0 saturated heterocycles. The summed E-state index contributed by atoms with van der Waals surface area (Å²) in [6.07, 6.45) is 1.11. The molecule has 2 aromatic rings. The smallest absolute Gasteiger partial charge is 0.240 e. The predicted octanol–water partition coefficient (Wildman–Crippen LogP) is 3.74. The van der Waals surface area contributed by atoms with E-state index in [-0.39, 0.29) is 29.8 Å². The second kappa shape index (κ2) is 9.85. The van der Waals surface area contributed by atoms with Crippen LogP contribution in [-0.4, -0.2) is 20.9 Å². The van der Waals surface area contributed by atoms with Crippen molar-refractivity contribution in [3.05, 3.63) is 65.2 Å². The maximum atomic E-state index is 12.2. The van der Waals surface area contributed by atoms with Gasteiger partial charge in [0.25, 0.3) is 0 Å². The number of nitrogens with one attached hydrogen (secondary N) is 2. The summed E-state index contributed by atoms with van der Waals surface area (Å²) in [6.45, 7) is 8.24. The lowest BCUT2D eigenvalue weighted by Crippen LogP contribution is -2.32. The summed E-state index contributed by atoms with van der Waals surface area (Å²) < 4.78 is 26.9. The lowest BCUT2D eigenvalue weighted by Gasteiger charge is -2.15. The van der Waals surface area contributed by atoms with Crippen molar-refractivity contribution in [3.63, 3.8) is 0 Å². The Balaban J connectivity index is 1.82. The predicted molar refractivity (Wildman–Crippen MR) is 113 cm³/mol. The van der Waals surface area contributed by atoms with Gasteiger partial charge in [-0.2, -0.15) is 0 Å². The Bertz CT molecular complexity index is 873. The number of sulfonamides is 1. The number of carbonyl (C=O) groups excluding carboxylic acids is 1. The second-order valence-electron chi connectivity index (χ2n) is 7.59. The average molecular weight is 403 g/mol. The number of hydrogen-bond acceptors (Lipinski definition) is 3. The van der Waals surface area contributed by atoms with E-state index in [1.807, 2.05) is 26.0 Å². The maximum absolute atomic E-state index is 12.2. The van der Waals surface area contributed by atoms with E-state index in [0.717, 1.165) is 17.5 Å². The van der Waals surface area contributed by atoms with Crippen molar-refractivity contribution in [1.29, 1.82) is 0 Å². The molecule has 0 saturated carbocycles. The van der Waals surface area contributed by atoms with Crippen LogP contribution in [0.15, 0.2) is 53.4 Å². The van der Waals surface area contributed by atoms with E-state index in [1.165, 1.54) is 5.56 Å². The van der Waals surface area contributed by atoms with Gasteiger partial charge in [0.2, 0.25) is 15.9 Å². The lowest BCUT2D eigenvalue weighted by atomic mass is 10.00. The normalized spacial score (nSPS) is 12.8. The Hall–Kier alpha value is -2.18. The zero-order valence-corrected chi connectivity index (χ0v) is 17.8. The summed E-state index contributed by atoms with van der Waals surface area (Å²) in [6, 6.07) is 14.7. The third-order valence-electron chi connectivity index (χ3n) is 4.48. The fourth-order valence-electron chi connectivity index (χ4n) is 2.91. The summed E-state index contributed by atoms with van der Waals surface area (Å²) in [7, 11) is -3.60. The minimum atomic E-state index is -3.60. The third kappa shape index (κ3) is 6.77. The molecule has 0 bridgehead atoms. The molecule has 0 aliphatic carbocycles. The van der Waals surface area contributed by atoms with Gasteiger partial charge in [-0.1, -0.05) is 55.8 Å². The van der Waals surface area contributed by atoms with Crippen LogP contribution in [0.1, 0.15) is 49.9 Å². The van der Waals surface area contributed by atoms with Gasteiger partial charge in [-0.25, -0.2) is 13.1 Å². The molecule has 0 radical (unpaired) electrons. The number of aryl methyl sites for hydroxylation is 1. The van der Waals surface area contributed by atoms with Gasteiger partial charge in [-0.3, -0.25) is 4.79 Å². The van der Waals surface area contributed by atoms with Crippen molar-refractivity contribution in [2.24, 2.45) is 5.92 Å². The van der Waals surface area contributed by atoms with E-state index in [2.05, 4.69) is 36.0 Å². The number of carbonyl (C=O) groups is 1. The van der Waals surface area contributed by atoms with Crippen LogP contribution in [0.25, 0.3) is 0 Å². The summed E-state index contributed by atoms with van der Waals surface area (Å²) in [5, 5.41) is 2.92. The lowest BCUT2D eigenvalue weighted by molar-refractivity contribution is -0.121. The number of amides is 1. The highest BCUT2D eigenvalue weighted by molar-refractivity contribution is 7.89. The van der Waals surface area contributed by atoms with Crippen LogP contribution in [0.2, 0.25) is 0 Å². The Kier molecular flexibility index (Phi) is 7.78. The average Bonchev–Trinajstić information content (AvgIpc) is 2.62. The Morgan fingerprint density at radius 1 is 0.964 bits per heavy atom. The minimum Gasteiger partial charge on any atom is -0.350 e. The summed E-state index contributed by atoms with van der Waals surface area (Å²) in [5.41, 5.74) is 3.30. The summed E-state index contributed by atoms with van der Waals surface area (Å²) in [5.74, 6) is 0.414. The van der Waals surface area contributed by atoms with Crippen LogP contribution in [0, 0.1) is 12.8 Å². The molecule has 2 rings (SSSR count). The molecule has 28 heavy (non-hydrogen) atoms. The molecule has 152 valence electrons. The first-order valence-corrected chi connectivity index (χ1v) is 11.1. The van der Waals surface area contributed by atoms with Crippen LogP contribution in [-0.2, 0) is 21.2 Å². The van der Waals surface area contributed by atoms with E-state index in [0.29, 0.717) is 5.92 Å². The fourth-order valence-corrected chi connectivity index (χ4v) is 3.94. The first kappa shape index (κ1) is 22.1. The van der Waals surface area contributed by atoms with Crippen molar-refractivity contribution in [1.82, 2.24) is 10.0 Å². The molecular weight excluding hydrogens is 372 g/mol. The first-order valence-electron chi connectivity index (χ1n) is 9.62. The molecule has 0 aliphatic rings. The minimum absolute atomic E-state index is 0.0576. The molecule has 0 fully saturated rings. The van der Waals surface area contributed by atoms with Crippen LogP contribution < -0.4 is 10.0 Å². The SMILES string of the molecule is Cc1ccc(S(=O)(=O)NCCC(=O)N[C@H](C)c2ccc(CC(C)C)cc2)cc1. The van der Waals surface area contributed by atoms with E-state index in [1.54, 1.807) is 24.3 Å². The highest BCUT2D eigenvalue weighted by Crippen LogP contribution is 2.16. The van der Waals surface area contributed by atoms with E-state index in [9.17, 15) is 13.2 Å². The molecule has 1 atom stereocenters. The zero-order chi connectivity index (χ0) is 20.7. The monoisotopic (exact) mass is 402 g/mol. The van der Waals surface area contributed by atoms with Crippen molar-refractivity contribution in [2.45, 2.75) is 51.5 Å². The quantitative estimate of drug-likeness (QED) is 0.671. The van der Waals surface area contributed by atoms with Gasteiger partial charge in [0.1, 0.15) is 0 Å². The summed E-state index contributed by atoms with van der Waals surface area (Å²) in [4.78, 5) is 12.4. The van der Waals surface area contributed by atoms with Crippen LogP contribution in [0.5, 0.6) is 0 Å². The van der Waals surface area contributed by atoms with Crippen molar-refractivity contribution in [3.8, 4) is 0 Å². The fraction of sp³-hybridized carbons (Fsp3) is 0.409. The molecular formula is C22H30N2O3S. The molecule has 6 heteroatoms. The zero-order valence-electron chi connectivity index (χ0n) is 17.0. The Morgan fingerprint density at radius 2 is 1.57 bits per heavy atom. The number of rotatable bonds is 9. The van der Waals surface area contributed by atoms with Gasteiger partial charge in [0.05, 0.1) is 10.9 Å². The first-order chi connectivity index (χ1) is 13.2. The molecule has 0 aromatic heterocycles. The summed E-state index contributed by atoms with van der Waals surface area (Å²) >= 11 is 0. The molecule has 2 N–H and O–H groups in total. The Morgan fingerprint density at radius 3 is 2.14 bits per heavy atom. The highest BCUT2D eigenvalue weighted by atomic mass is 32.2. The largest absolute Gasteiger partial charge is 0.350 e. The molecule has 1 amide bonds. The van der Waals surface area contributed by atoms with Gasteiger partial charge in [0.15, 0.2) is 0 Å². The van der Waals surface area contributed by atoms with Crippen molar-refractivity contribution >= 4 is 15.9 Å². The van der Waals surface area contributed by atoms with Gasteiger partial charge < -0.3 is 5.32 Å². The Labute approximate surface area is 168 Å². The molecule has 0 aliphatic heterocycles. The number of hydrogen-bond donors (Lipinski definition) is 2. The van der Waals surface area contributed by atoms with E-state index < -0.39 is 10.0 Å². The van der Waals surface area contributed by atoms with Crippen molar-refractivity contribution in [2.75, 3.05) is 6.54 Å². The molecule has 5 nitrogen and oxygen atoms in total. The standard InChI is InChI=1S/C22H30N2O3S/c1-16(2)15-19-7-9-20(10-8-19)18(4)24-22(25)13-14-23-28(26,27)21-11-5-17(3)6-12-21/h5-12,16,18,23H,13-15H2,1-4H3,(H,24,25)/t18-/m1/s1. The molecule has 0 spiro atoms. The highest BCUT2D eigenvalue weighted by Gasteiger charge is 2.15. The van der Waals surface area contributed by atoms with Gasteiger partial charge in [0, 0.05) is 13.0 Å². The van der Waals surface area contributed by atoms with Crippen molar-refractivity contribution < 1.29 is 13.2 Å². The van der Waals surface area contributed by atoms with Crippen LogP contribution in [0.4, 0.5) is 0 Å². The molecule has 2 aromatic carbocycles. The van der Waals surface area contributed by atoms with Gasteiger partial charge >= 0.3 is 0 Å². The van der Waals surface area contributed by atoms with Gasteiger partial charge in [-0.05, 0) is 49.4 Å². The van der Waals surface area contributed by atoms with Crippen LogP contribution in [0.3, 0.4) is 0 Å². The number of benzene rings is 2. The second-order valence-corrected chi connectivity index (χ2v) is 9.36. The van der Waals surface area contributed by atoms with Gasteiger partial charge in [-0.15, -0.1) is 0 Å². The van der Waals surface area contributed by atoms with Crippen LogP contribution >= 0.6 is 0 Å². The molecule has 0 unspecified atom stereocenters.